The molecule has 0 saturated carbocycles. The second-order valence-corrected chi connectivity index (χ2v) is 10.6. The van der Waals surface area contributed by atoms with Crippen molar-refractivity contribution in [1.29, 1.82) is 0 Å². The van der Waals surface area contributed by atoms with E-state index in [9.17, 15) is 4.39 Å². The average molecular weight is 508 g/mol. The summed E-state index contributed by atoms with van der Waals surface area (Å²) in [5, 5.41) is 1.16. The number of nitrogens with zero attached hydrogens (tertiary/aromatic N) is 5. The van der Waals surface area contributed by atoms with Crippen molar-refractivity contribution in [2.24, 2.45) is 11.1 Å². The number of fused-ring (bicyclic) bond motifs is 2. The summed E-state index contributed by atoms with van der Waals surface area (Å²) in [5.74, 6) is 0.925. The lowest BCUT2D eigenvalue weighted by Crippen LogP contribution is -2.44. The van der Waals surface area contributed by atoms with E-state index < -0.39 is 0 Å². The summed E-state index contributed by atoms with van der Waals surface area (Å²) < 4.78 is 13.7. The van der Waals surface area contributed by atoms with Gasteiger partial charge in [-0.25, -0.2) is 24.3 Å². The molecule has 4 heterocycles. The van der Waals surface area contributed by atoms with Crippen LogP contribution in [0.4, 0.5) is 16.0 Å². The number of anilines is 2. The van der Waals surface area contributed by atoms with Crippen LogP contribution in [0.1, 0.15) is 30.0 Å². The minimum atomic E-state index is -0.194. The highest BCUT2D eigenvalue weighted by atomic mass is 35.5. The van der Waals surface area contributed by atoms with Gasteiger partial charge in [-0.15, -0.1) is 0 Å². The molecule has 2 aliphatic rings. The molecule has 4 N–H and O–H groups in total. The van der Waals surface area contributed by atoms with Crippen molar-refractivity contribution in [3.05, 3.63) is 70.8 Å². The smallest absolute Gasteiger partial charge is 0.179 e. The van der Waals surface area contributed by atoms with Crippen LogP contribution in [0.2, 0.25) is 5.02 Å². The molecule has 1 saturated heterocycles. The van der Waals surface area contributed by atoms with Crippen molar-refractivity contribution >= 4 is 46.2 Å². The number of halogens is 2. The first-order valence-corrected chi connectivity index (χ1v) is 12.6. The molecule has 1 atom stereocenters. The van der Waals surface area contributed by atoms with Crippen LogP contribution in [0.5, 0.6) is 0 Å². The molecule has 1 aliphatic heterocycles. The van der Waals surface area contributed by atoms with Gasteiger partial charge in [0.2, 0.25) is 0 Å². The third-order valence-electron chi connectivity index (χ3n) is 7.19. The first kappa shape index (κ1) is 22.5. The van der Waals surface area contributed by atoms with Crippen LogP contribution in [0.25, 0.3) is 11.2 Å². The summed E-state index contributed by atoms with van der Waals surface area (Å²) in [4.78, 5) is 21.0. The molecule has 35 heavy (non-hydrogen) atoms. The number of hydrogen-bond donors (Lipinski definition) is 2. The highest BCUT2D eigenvalue weighted by Crippen LogP contribution is 2.51. The van der Waals surface area contributed by atoms with Crippen molar-refractivity contribution in [1.82, 2.24) is 19.9 Å². The molecule has 1 aliphatic carbocycles. The molecule has 1 aromatic carbocycles. The quantitative estimate of drug-likeness (QED) is 0.407. The summed E-state index contributed by atoms with van der Waals surface area (Å²) in [6.07, 6.45) is 6.07. The maximum absolute atomic E-state index is 13.7. The highest BCUT2D eigenvalue weighted by Gasteiger charge is 2.46. The van der Waals surface area contributed by atoms with Crippen molar-refractivity contribution in [3.63, 3.8) is 0 Å². The molecule has 1 fully saturated rings. The Bertz CT molecular complexity index is 1440. The number of pyridine rings is 2. The van der Waals surface area contributed by atoms with Crippen molar-refractivity contribution in [2.75, 3.05) is 23.7 Å². The van der Waals surface area contributed by atoms with Crippen molar-refractivity contribution in [2.45, 2.75) is 35.2 Å². The Morgan fingerprint density at radius 1 is 1.09 bits per heavy atom. The summed E-state index contributed by atoms with van der Waals surface area (Å²) in [6, 6.07) is 10.6. The van der Waals surface area contributed by atoms with E-state index >= 15 is 0 Å². The van der Waals surface area contributed by atoms with Gasteiger partial charge in [-0.2, -0.15) is 0 Å². The summed E-state index contributed by atoms with van der Waals surface area (Å²) in [7, 11) is 0. The fourth-order valence-corrected chi connectivity index (χ4v) is 6.28. The molecular formula is C25H23ClFN7S. The average Bonchev–Trinajstić information content (AvgIpc) is 3.12. The Morgan fingerprint density at radius 2 is 1.91 bits per heavy atom. The van der Waals surface area contributed by atoms with Gasteiger partial charge in [0.1, 0.15) is 28.0 Å². The van der Waals surface area contributed by atoms with E-state index in [1.165, 1.54) is 17.8 Å². The van der Waals surface area contributed by atoms with Gasteiger partial charge >= 0.3 is 0 Å². The Labute approximate surface area is 211 Å². The first-order valence-electron chi connectivity index (χ1n) is 11.4. The number of nitrogens with two attached hydrogens (primary N) is 2. The molecule has 0 radical (unpaired) electrons. The second-order valence-electron chi connectivity index (χ2n) is 9.18. The fraction of sp³-hybridized carbons (Fsp3) is 0.280. The fourth-order valence-electron chi connectivity index (χ4n) is 5.24. The normalized spacial score (nSPS) is 18.8. The van der Waals surface area contributed by atoms with Crippen LogP contribution in [0.3, 0.4) is 0 Å². The Balaban J connectivity index is 1.18. The minimum absolute atomic E-state index is 0.0256. The third kappa shape index (κ3) is 3.97. The number of hydrogen-bond acceptors (Lipinski definition) is 8. The zero-order valence-corrected chi connectivity index (χ0v) is 20.4. The van der Waals surface area contributed by atoms with Crippen molar-refractivity contribution in [3.8, 4) is 0 Å². The predicted molar refractivity (Wildman–Crippen MR) is 136 cm³/mol. The standard InChI is InChI=1S/C25H23ClFN7S/c26-21-18(5-8-30-23(21)29)35-20-4-3-17-24(33-20)31-13-19(32-17)34-9-6-25(7-10-34)12-14-11-15(27)1-2-16(14)22(25)28/h1-5,8,11,13,22H,6-7,9-10,12,28H2,(H2,29,30)/t22-/m1/s1. The van der Waals surface area contributed by atoms with Gasteiger partial charge in [0.15, 0.2) is 5.65 Å². The molecular weight excluding hydrogens is 485 g/mol. The van der Waals surface area contributed by atoms with Gasteiger partial charge in [0.25, 0.3) is 0 Å². The highest BCUT2D eigenvalue weighted by molar-refractivity contribution is 7.99. The topological polar surface area (TPSA) is 107 Å². The molecule has 6 rings (SSSR count). The van der Waals surface area contributed by atoms with Gasteiger partial charge in [-0.3, -0.25) is 0 Å². The zero-order chi connectivity index (χ0) is 24.2. The monoisotopic (exact) mass is 507 g/mol. The zero-order valence-electron chi connectivity index (χ0n) is 18.8. The van der Waals surface area contributed by atoms with Gasteiger partial charge < -0.3 is 16.4 Å². The summed E-state index contributed by atoms with van der Waals surface area (Å²) >= 11 is 7.67. The summed E-state index contributed by atoms with van der Waals surface area (Å²) in [6.45, 7) is 1.65. The molecule has 4 aromatic rings. The molecule has 7 nitrogen and oxygen atoms in total. The Kier molecular flexibility index (Phi) is 5.51. The van der Waals surface area contributed by atoms with Crippen LogP contribution in [0, 0.1) is 11.2 Å². The minimum Gasteiger partial charge on any atom is -0.382 e. The van der Waals surface area contributed by atoms with E-state index in [1.807, 2.05) is 18.2 Å². The summed E-state index contributed by atoms with van der Waals surface area (Å²) in [5.41, 5.74) is 15.9. The van der Waals surface area contributed by atoms with Crippen LogP contribution < -0.4 is 16.4 Å². The number of piperidine rings is 1. The maximum Gasteiger partial charge on any atom is 0.179 e. The Morgan fingerprint density at radius 3 is 2.74 bits per heavy atom. The van der Waals surface area contributed by atoms with E-state index in [-0.39, 0.29) is 17.3 Å². The SMILES string of the molecule is Nc1nccc(Sc2ccc3nc(N4CCC5(CC4)Cc4cc(F)ccc4[C@H]5N)cnc3n2)c1Cl. The molecule has 0 unspecified atom stereocenters. The van der Waals surface area contributed by atoms with E-state index in [1.54, 1.807) is 24.5 Å². The molecule has 0 amide bonds. The Hall–Kier alpha value is -3.01. The predicted octanol–water partition coefficient (Wildman–Crippen LogP) is 4.79. The van der Waals surface area contributed by atoms with Crippen LogP contribution >= 0.6 is 23.4 Å². The van der Waals surface area contributed by atoms with Crippen LogP contribution in [-0.4, -0.2) is 33.0 Å². The molecule has 10 heteroatoms. The second kappa shape index (κ2) is 8.58. The molecule has 178 valence electrons. The lowest BCUT2D eigenvalue weighted by molar-refractivity contribution is 0.187. The number of rotatable bonds is 3. The van der Waals surface area contributed by atoms with Gasteiger partial charge in [-0.05, 0) is 66.1 Å². The van der Waals surface area contributed by atoms with Crippen LogP contribution in [-0.2, 0) is 6.42 Å². The maximum atomic E-state index is 13.7. The van der Waals surface area contributed by atoms with E-state index in [4.69, 9.17) is 28.1 Å². The molecule has 0 bridgehead atoms. The van der Waals surface area contributed by atoms with E-state index in [2.05, 4.69) is 19.9 Å². The first-order chi connectivity index (χ1) is 16.9. The van der Waals surface area contributed by atoms with E-state index in [0.29, 0.717) is 16.5 Å². The lowest BCUT2D eigenvalue weighted by Gasteiger charge is -2.42. The number of nitrogen functional groups attached to an aromatic ring is 1. The van der Waals surface area contributed by atoms with Crippen molar-refractivity contribution < 1.29 is 4.39 Å². The molecule has 1 spiro atoms. The van der Waals surface area contributed by atoms with Gasteiger partial charge in [0.05, 0.1) is 11.2 Å². The third-order valence-corrected chi connectivity index (χ3v) is 8.69. The lowest BCUT2D eigenvalue weighted by atomic mass is 9.73. The number of aromatic nitrogens is 4. The number of benzene rings is 1. The van der Waals surface area contributed by atoms with Gasteiger partial charge in [-0.1, -0.05) is 29.4 Å². The van der Waals surface area contributed by atoms with E-state index in [0.717, 1.165) is 64.7 Å². The van der Waals surface area contributed by atoms with Crippen LogP contribution in [0.15, 0.2) is 58.7 Å². The largest absolute Gasteiger partial charge is 0.382 e. The molecule has 3 aromatic heterocycles. The van der Waals surface area contributed by atoms with Gasteiger partial charge in [0, 0.05) is 30.2 Å².